The SMILES string of the molecule is Oc1ccc(C2CC(C=S)C(S)=C2S)cc1. The highest BCUT2D eigenvalue weighted by Crippen LogP contribution is 2.45. The van der Waals surface area contributed by atoms with Crippen molar-refractivity contribution < 1.29 is 5.11 Å². The first-order chi connectivity index (χ1) is 7.63. The van der Waals surface area contributed by atoms with Gasteiger partial charge >= 0.3 is 0 Å². The third-order valence-corrected chi connectivity index (χ3v) is 4.52. The second-order valence-electron chi connectivity index (χ2n) is 3.89. The average molecular weight is 268 g/mol. The minimum atomic E-state index is 0.227. The molecule has 0 amide bonds. The fourth-order valence-electron chi connectivity index (χ4n) is 1.97. The molecule has 0 fully saturated rings. The van der Waals surface area contributed by atoms with E-state index >= 15 is 0 Å². The second kappa shape index (κ2) is 4.82. The van der Waals surface area contributed by atoms with E-state index in [0.717, 1.165) is 21.8 Å². The molecule has 0 aromatic heterocycles. The number of hydrogen-bond donors (Lipinski definition) is 3. The van der Waals surface area contributed by atoms with Crippen LogP contribution < -0.4 is 0 Å². The van der Waals surface area contributed by atoms with Gasteiger partial charge in [0.2, 0.25) is 0 Å². The highest BCUT2D eigenvalue weighted by Gasteiger charge is 2.29. The van der Waals surface area contributed by atoms with E-state index in [1.165, 1.54) is 0 Å². The maximum absolute atomic E-state index is 9.25. The Kier molecular flexibility index (Phi) is 3.62. The van der Waals surface area contributed by atoms with Gasteiger partial charge in [0.15, 0.2) is 0 Å². The van der Waals surface area contributed by atoms with Crippen molar-refractivity contribution in [2.75, 3.05) is 0 Å². The first-order valence-electron chi connectivity index (χ1n) is 4.99. The number of aromatic hydroxyl groups is 1. The van der Waals surface area contributed by atoms with Crippen LogP contribution in [0.4, 0.5) is 0 Å². The number of phenolic OH excluding ortho intramolecular Hbond substituents is 1. The van der Waals surface area contributed by atoms with E-state index in [9.17, 15) is 5.11 Å². The fourth-order valence-corrected chi connectivity index (χ4v) is 3.07. The van der Waals surface area contributed by atoms with Gasteiger partial charge in [-0.15, -0.1) is 25.3 Å². The van der Waals surface area contributed by atoms with Crippen LogP contribution in [0.2, 0.25) is 0 Å². The van der Waals surface area contributed by atoms with Crippen LogP contribution in [0, 0.1) is 5.92 Å². The Labute approximate surface area is 111 Å². The van der Waals surface area contributed by atoms with Crippen molar-refractivity contribution in [2.24, 2.45) is 5.92 Å². The summed E-state index contributed by atoms with van der Waals surface area (Å²) in [5.41, 5.74) is 1.15. The smallest absolute Gasteiger partial charge is 0.115 e. The van der Waals surface area contributed by atoms with E-state index < -0.39 is 0 Å². The Morgan fingerprint density at radius 2 is 1.81 bits per heavy atom. The van der Waals surface area contributed by atoms with Gasteiger partial charge in [0.25, 0.3) is 0 Å². The lowest BCUT2D eigenvalue weighted by molar-refractivity contribution is 0.475. The van der Waals surface area contributed by atoms with E-state index in [1.54, 1.807) is 17.5 Å². The zero-order valence-corrected chi connectivity index (χ0v) is 11.1. The first-order valence-corrected chi connectivity index (χ1v) is 6.36. The molecule has 16 heavy (non-hydrogen) atoms. The molecule has 1 nitrogen and oxygen atoms in total. The summed E-state index contributed by atoms with van der Waals surface area (Å²) in [7, 11) is 0. The molecule has 0 aliphatic heterocycles. The summed E-state index contributed by atoms with van der Waals surface area (Å²) in [6.45, 7) is 0. The van der Waals surface area contributed by atoms with Crippen molar-refractivity contribution in [2.45, 2.75) is 12.3 Å². The topological polar surface area (TPSA) is 20.2 Å². The van der Waals surface area contributed by atoms with E-state index in [2.05, 4.69) is 25.3 Å². The van der Waals surface area contributed by atoms with E-state index in [-0.39, 0.29) is 17.6 Å². The van der Waals surface area contributed by atoms with Gasteiger partial charge < -0.3 is 5.11 Å². The monoisotopic (exact) mass is 268 g/mol. The predicted octanol–water partition coefficient (Wildman–Crippen LogP) is 3.57. The van der Waals surface area contributed by atoms with E-state index in [0.29, 0.717) is 0 Å². The van der Waals surface area contributed by atoms with Gasteiger partial charge in [0.05, 0.1) is 0 Å². The molecule has 1 aliphatic rings. The molecule has 1 aliphatic carbocycles. The maximum Gasteiger partial charge on any atom is 0.115 e. The summed E-state index contributed by atoms with van der Waals surface area (Å²) >= 11 is 13.9. The van der Waals surface area contributed by atoms with Crippen LogP contribution in [0.15, 0.2) is 34.1 Å². The van der Waals surface area contributed by atoms with Crippen molar-refractivity contribution in [1.29, 1.82) is 0 Å². The quantitative estimate of drug-likeness (QED) is 0.563. The highest BCUT2D eigenvalue weighted by molar-refractivity contribution is 7.88. The zero-order chi connectivity index (χ0) is 11.7. The molecule has 1 aromatic rings. The Hall–Kier alpha value is -0.450. The molecule has 1 aromatic carbocycles. The van der Waals surface area contributed by atoms with Gasteiger partial charge in [-0.05, 0) is 39.3 Å². The van der Waals surface area contributed by atoms with Crippen molar-refractivity contribution in [1.82, 2.24) is 0 Å². The van der Waals surface area contributed by atoms with Crippen LogP contribution in [-0.4, -0.2) is 10.5 Å². The Morgan fingerprint density at radius 3 is 2.31 bits per heavy atom. The predicted molar refractivity (Wildman–Crippen MR) is 77.6 cm³/mol. The summed E-state index contributed by atoms with van der Waals surface area (Å²) in [5.74, 6) is 0.759. The minimum Gasteiger partial charge on any atom is -0.508 e. The van der Waals surface area contributed by atoms with Gasteiger partial charge in [0.1, 0.15) is 5.75 Å². The summed E-state index contributed by atoms with van der Waals surface area (Å²) in [6.07, 6.45) is 0.923. The fraction of sp³-hybridized carbons (Fsp3) is 0.250. The van der Waals surface area contributed by atoms with Crippen LogP contribution in [0.1, 0.15) is 17.9 Å². The van der Waals surface area contributed by atoms with Crippen molar-refractivity contribution in [3.8, 4) is 5.75 Å². The molecule has 0 spiro atoms. The first kappa shape index (κ1) is 12.0. The molecule has 0 heterocycles. The number of phenols is 1. The molecule has 84 valence electrons. The molecule has 0 radical (unpaired) electrons. The lowest BCUT2D eigenvalue weighted by Gasteiger charge is -2.12. The number of hydrogen-bond acceptors (Lipinski definition) is 4. The number of rotatable bonds is 2. The van der Waals surface area contributed by atoms with Crippen LogP contribution >= 0.6 is 37.5 Å². The van der Waals surface area contributed by atoms with E-state index in [4.69, 9.17) is 12.2 Å². The summed E-state index contributed by atoms with van der Waals surface area (Å²) in [4.78, 5) is 1.96. The number of thiol groups is 2. The van der Waals surface area contributed by atoms with Gasteiger partial charge in [0, 0.05) is 11.8 Å². The number of allylic oxidation sites excluding steroid dienone is 2. The van der Waals surface area contributed by atoms with Crippen molar-refractivity contribution in [3.63, 3.8) is 0 Å². The summed E-state index contributed by atoms with van der Waals surface area (Å²) in [6, 6.07) is 7.23. The van der Waals surface area contributed by atoms with Gasteiger partial charge in [-0.25, -0.2) is 0 Å². The summed E-state index contributed by atoms with van der Waals surface area (Å²) < 4.78 is 0. The van der Waals surface area contributed by atoms with Crippen LogP contribution in [0.3, 0.4) is 0 Å². The van der Waals surface area contributed by atoms with Crippen molar-refractivity contribution >= 4 is 42.8 Å². The van der Waals surface area contributed by atoms with Crippen molar-refractivity contribution in [3.05, 3.63) is 39.6 Å². The van der Waals surface area contributed by atoms with Gasteiger partial charge in [-0.2, -0.15) is 0 Å². The van der Waals surface area contributed by atoms with E-state index in [1.807, 2.05) is 12.1 Å². The van der Waals surface area contributed by atoms with Crippen LogP contribution in [-0.2, 0) is 0 Å². The number of thiocarbonyl (C=S) groups is 1. The molecule has 2 atom stereocenters. The minimum absolute atomic E-state index is 0.227. The molecule has 1 N–H and O–H groups in total. The Bertz CT molecular complexity index is 436. The summed E-state index contributed by atoms with van der Waals surface area (Å²) in [5, 5.41) is 11.0. The lowest BCUT2D eigenvalue weighted by atomic mass is 9.96. The molecule has 0 bridgehead atoms. The van der Waals surface area contributed by atoms with Gasteiger partial charge in [-0.1, -0.05) is 24.4 Å². The Morgan fingerprint density at radius 1 is 1.19 bits per heavy atom. The second-order valence-corrected chi connectivity index (χ2v) is 5.13. The average Bonchev–Trinajstić information content (AvgIpc) is 2.57. The van der Waals surface area contributed by atoms with Crippen LogP contribution in [0.25, 0.3) is 0 Å². The lowest BCUT2D eigenvalue weighted by Crippen LogP contribution is -1.99. The normalized spacial score (nSPS) is 24.9. The molecule has 0 saturated carbocycles. The third-order valence-electron chi connectivity index (χ3n) is 2.89. The maximum atomic E-state index is 9.25. The standard InChI is InChI=1S/C12H12OS3/c13-9-3-1-7(2-4-9)10-5-8(6-14)11(15)12(10)16/h1-4,6,8,10,13,15-16H,5H2. The molecule has 0 saturated heterocycles. The molecule has 2 unspecified atom stereocenters. The number of benzene rings is 1. The Balaban J connectivity index is 2.31. The largest absolute Gasteiger partial charge is 0.508 e. The zero-order valence-electron chi connectivity index (χ0n) is 8.50. The highest BCUT2D eigenvalue weighted by atomic mass is 32.1. The molecular weight excluding hydrogens is 256 g/mol. The molecular formula is C12H12OS3. The molecule has 4 heteroatoms. The molecule has 2 rings (SSSR count). The van der Waals surface area contributed by atoms with Gasteiger partial charge in [-0.3, -0.25) is 0 Å². The third kappa shape index (κ3) is 2.14. The van der Waals surface area contributed by atoms with Crippen LogP contribution in [0.5, 0.6) is 5.75 Å².